The molecule has 0 bridgehead atoms. The fourth-order valence-corrected chi connectivity index (χ4v) is 4.59. The third-order valence-corrected chi connectivity index (χ3v) is 6.14. The van der Waals surface area contributed by atoms with Crippen molar-refractivity contribution in [1.29, 1.82) is 0 Å². The first kappa shape index (κ1) is 20.3. The number of rotatable bonds is 5. The van der Waals surface area contributed by atoms with Gasteiger partial charge in [0, 0.05) is 39.3 Å². The van der Waals surface area contributed by atoms with Gasteiger partial charge in [-0.3, -0.25) is 9.89 Å². The average molecular weight is 404 g/mol. The number of alkyl halides is 3. The van der Waals surface area contributed by atoms with Crippen molar-refractivity contribution in [2.45, 2.75) is 31.5 Å². The molecule has 2 saturated heterocycles. The van der Waals surface area contributed by atoms with Crippen LogP contribution in [0.25, 0.3) is 0 Å². The molecule has 2 aliphatic rings. The Morgan fingerprint density at radius 3 is 2.67 bits per heavy atom. The third-order valence-electron chi connectivity index (χ3n) is 5.21. The van der Waals surface area contributed by atoms with Gasteiger partial charge in [0.25, 0.3) is 0 Å². The molecule has 0 saturated carbocycles. The zero-order chi connectivity index (χ0) is 19.3. The summed E-state index contributed by atoms with van der Waals surface area (Å²) < 4.78 is 37.5. The van der Waals surface area contributed by atoms with Gasteiger partial charge in [0.2, 0.25) is 0 Å². The number of aliphatic imine (C=N–C) groups is 1. The van der Waals surface area contributed by atoms with Gasteiger partial charge in [0.1, 0.15) is 0 Å². The van der Waals surface area contributed by atoms with Crippen LogP contribution in [0.3, 0.4) is 0 Å². The number of nitrogens with zero attached hydrogens (tertiary/aromatic N) is 3. The molecule has 0 amide bonds. The SMILES string of the molecule is CN=C(NCC1CCN(CC(F)(F)F)C1)NC1CCN(c2cccs2)CC1. The Morgan fingerprint density at radius 1 is 1.26 bits per heavy atom. The van der Waals surface area contributed by atoms with Crippen molar-refractivity contribution in [2.24, 2.45) is 10.9 Å². The van der Waals surface area contributed by atoms with Gasteiger partial charge in [-0.25, -0.2) is 0 Å². The summed E-state index contributed by atoms with van der Waals surface area (Å²) in [5, 5.41) is 10.2. The molecule has 1 unspecified atom stereocenters. The number of nitrogens with one attached hydrogen (secondary N) is 2. The molecule has 3 heterocycles. The van der Waals surface area contributed by atoms with Gasteiger partial charge in [-0.15, -0.1) is 11.3 Å². The zero-order valence-electron chi connectivity index (χ0n) is 15.6. The fourth-order valence-electron chi connectivity index (χ4n) is 3.80. The Bertz CT molecular complexity index is 597. The molecule has 0 aliphatic carbocycles. The molecule has 3 rings (SSSR count). The maximum Gasteiger partial charge on any atom is 0.401 e. The smallest absolute Gasteiger partial charge is 0.363 e. The predicted molar refractivity (Wildman–Crippen MR) is 105 cm³/mol. The second kappa shape index (κ2) is 9.14. The number of thiophene rings is 1. The molecule has 5 nitrogen and oxygen atoms in total. The summed E-state index contributed by atoms with van der Waals surface area (Å²) in [4.78, 5) is 8.18. The molecule has 0 aromatic carbocycles. The highest BCUT2D eigenvalue weighted by atomic mass is 32.1. The number of likely N-dealkylation sites (tertiary alicyclic amines) is 1. The molecule has 1 atom stereocenters. The maximum atomic E-state index is 12.5. The minimum absolute atomic E-state index is 0.228. The van der Waals surface area contributed by atoms with E-state index in [9.17, 15) is 13.2 Å². The largest absolute Gasteiger partial charge is 0.401 e. The van der Waals surface area contributed by atoms with E-state index in [1.54, 1.807) is 18.4 Å². The number of piperidine rings is 1. The average Bonchev–Trinajstić information content (AvgIpc) is 3.30. The minimum atomic E-state index is -4.11. The number of guanidine groups is 1. The van der Waals surface area contributed by atoms with Crippen LogP contribution in [0.4, 0.5) is 18.2 Å². The lowest BCUT2D eigenvalue weighted by molar-refractivity contribution is -0.143. The van der Waals surface area contributed by atoms with Crippen LogP contribution < -0.4 is 15.5 Å². The van der Waals surface area contributed by atoms with Crippen LogP contribution in [0.5, 0.6) is 0 Å². The van der Waals surface area contributed by atoms with Gasteiger partial charge in [0.05, 0.1) is 11.5 Å². The molecule has 9 heteroatoms. The number of hydrogen-bond donors (Lipinski definition) is 2. The van der Waals surface area contributed by atoms with Crippen LogP contribution in [-0.4, -0.2) is 69.4 Å². The monoisotopic (exact) mass is 403 g/mol. The minimum Gasteiger partial charge on any atom is -0.363 e. The molecule has 152 valence electrons. The third kappa shape index (κ3) is 6.27. The lowest BCUT2D eigenvalue weighted by Crippen LogP contribution is -2.49. The highest BCUT2D eigenvalue weighted by molar-refractivity contribution is 7.14. The van der Waals surface area contributed by atoms with Gasteiger partial charge in [-0.1, -0.05) is 0 Å². The fraction of sp³-hybridized carbons (Fsp3) is 0.722. The molecule has 2 N–H and O–H groups in total. The standard InChI is InChI=1S/C18H28F3N5S/c1-22-17(23-11-14-4-7-25(12-14)13-18(19,20)21)24-15-5-8-26(9-6-15)16-3-2-10-27-16/h2-3,10,14-15H,4-9,11-13H2,1H3,(H2,22,23,24). The van der Waals surface area contributed by atoms with Crippen molar-refractivity contribution in [3.05, 3.63) is 17.5 Å². The van der Waals surface area contributed by atoms with Crippen molar-refractivity contribution in [2.75, 3.05) is 51.2 Å². The summed E-state index contributed by atoms with van der Waals surface area (Å²) in [6.07, 6.45) is -1.24. The van der Waals surface area contributed by atoms with Crippen LogP contribution in [0.2, 0.25) is 0 Å². The van der Waals surface area contributed by atoms with E-state index in [1.807, 2.05) is 0 Å². The van der Waals surface area contributed by atoms with Gasteiger partial charge in [0.15, 0.2) is 5.96 Å². The lowest BCUT2D eigenvalue weighted by Gasteiger charge is -2.33. The summed E-state index contributed by atoms with van der Waals surface area (Å²) in [5.41, 5.74) is 0. The van der Waals surface area contributed by atoms with E-state index in [2.05, 4.69) is 38.0 Å². The van der Waals surface area contributed by atoms with Gasteiger partial charge < -0.3 is 15.5 Å². The molecule has 1 aromatic heterocycles. The molecule has 2 fully saturated rings. The second-order valence-corrected chi connectivity index (χ2v) is 8.24. The lowest BCUT2D eigenvalue weighted by atomic mass is 10.1. The first-order valence-electron chi connectivity index (χ1n) is 9.47. The van der Waals surface area contributed by atoms with E-state index >= 15 is 0 Å². The van der Waals surface area contributed by atoms with Gasteiger partial charge >= 0.3 is 6.18 Å². The van der Waals surface area contributed by atoms with Crippen LogP contribution >= 0.6 is 11.3 Å². The maximum absolute atomic E-state index is 12.5. The highest BCUT2D eigenvalue weighted by Crippen LogP contribution is 2.25. The number of hydrogen-bond acceptors (Lipinski definition) is 4. The zero-order valence-corrected chi connectivity index (χ0v) is 16.5. The summed E-state index contributed by atoms with van der Waals surface area (Å²) in [7, 11) is 1.74. The predicted octanol–water partition coefficient (Wildman–Crippen LogP) is 2.77. The molecule has 0 spiro atoms. The molecule has 27 heavy (non-hydrogen) atoms. The normalized spacial score (nSPS) is 23.0. The molecule has 0 radical (unpaired) electrons. The Morgan fingerprint density at radius 2 is 2.04 bits per heavy atom. The van der Waals surface area contributed by atoms with E-state index in [1.165, 1.54) is 9.90 Å². The van der Waals surface area contributed by atoms with Crippen LogP contribution in [-0.2, 0) is 0 Å². The van der Waals surface area contributed by atoms with Crippen LogP contribution in [0, 0.1) is 5.92 Å². The summed E-state index contributed by atoms with van der Waals surface area (Å²) in [6, 6.07) is 4.61. The quantitative estimate of drug-likeness (QED) is 0.586. The van der Waals surface area contributed by atoms with Crippen LogP contribution in [0.1, 0.15) is 19.3 Å². The van der Waals surface area contributed by atoms with Crippen LogP contribution in [0.15, 0.2) is 22.5 Å². The van der Waals surface area contributed by atoms with E-state index in [0.29, 0.717) is 25.7 Å². The Labute approximate surface area is 162 Å². The Kier molecular flexibility index (Phi) is 6.86. The van der Waals surface area contributed by atoms with E-state index in [0.717, 1.165) is 38.3 Å². The second-order valence-electron chi connectivity index (χ2n) is 7.32. The summed E-state index contributed by atoms with van der Waals surface area (Å²) in [5.74, 6) is 0.977. The molecular formula is C18H28F3N5S. The van der Waals surface area contributed by atoms with Crippen molar-refractivity contribution < 1.29 is 13.2 Å². The Hall–Kier alpha value is -1.48. The van der Waals surface area contributed by atoms with Gasteiger partial charge in [-0.05, 0) is 49.2 Å². The van der Waals surface area contributed by atoms with E-state index < -0.39 is 12.7 Å². The van der Waals surface area contributed by atoms with Crippen molar-refractivity contribution in [1.82, 2.24) is 15.5 Å². The molecule has 2 aliphatic heterocycles. The summed E-state index contributed by atoms with van der Waals surface area (Å²) in [6.45, 7) is 2.89. The van der Waals surface area contributed by atoms with E-state index in [-0.39, 0.29) is 5.92 Å². The topological polar surface area (TPSA) is 42.9 Å². The van der Waals surface area contributed by atoms with Crippen molar-refractivity contribution >= 4 is 22.3 Å². The Balaban J connectivity index is 1.37. The number of halogens is 3. The summed E-state index contributed by atoms with van der Waals surface area (Å²) >= 11 is 1.77. The molecular weight excluding hydrogens is 375 g/mol. The number of anilines is 1. The van der Waals surface area contributed by atoms with Crippen molar-refractivity contribution in [3.8, 4) is 0 Å². The first-order chi connectivity index (χ1) is 12.9. The molecule has 1 aromatic rings. The first-order valence-corrected chi connectivity index (χ1v) is 10.4. The van der Waals surface area contributed by atoms with E-state index in [4.69, 9.17) is 0 Å². The highest BCUT2D eigenvalue weighted by Gasteiger charge is 2.34. The van der Waals surface area contributed by atoms with Gasteiger partial charge in [-0.2, -0.15) is 13.2 Å². The van der Waals surface area contributed by atoms with Crippen molar-refractivity contribution in [3.63, 3.8) is 0 Å².